The second-order valence-electron chi connectivity index (χ2n) is 8.93. The van der Waals surface area contributed by atoms with E-state index < -0.39 is 65.3 Å². The van der Waals surface area contributed by atoms with E-state index in [1.807, 2.05) is 0 Å². The SMILES string of the molecule is CCOc1ccc(-c2ccc(-c3ccc(OC(F)(F)COc4ccc(C)c(F)c4C(F)F)c(F)c3F)cc2)c(F)c1F. The molecule has 4 rings (SSSR count). The fraction of sp³-hybridized carbons (Fsp3) is 0.200. The zero-order valence-electron chi connectivity index (χ0n) is 21.9. The molecule has 12 heteroatoms. The maximum atomic E-state index is 14.9. The Morgan fingerprint density at radius 1 is 0.619 bits per heavy atom. The number of hydrogen-bond donors (Lipinski definition) is 0. The molecule has 0 fully saturated rings. The van der Waals surface area contributed by atoms with E-state index in [2.05, 4.69) is 9.47 Å². The summed E-state index contributed by atoms with van der Waals surface area (Å²) < 4.78 is 142. The van der Waals surface area contributed by atoms with E-state index in [-0.39, 0.29) is 40.2 Å². The Bertz CT molecular complexity index is 1590. The van der Waals surface area contributed by atoms with Crippen LogP contribution in [0.4, 0.5) is 39.5 Å². The van der Waals surface area contributed by atoms with E-state index in [1.54, 1.807) is 6.92 Å². The second kappa shape index (κ2) is 12.3. The van der Waals surface area contributed by atoms with Gasteiger partial charge in [0.25, 0.3) is 6.43 Å². The third-order valence-electron chi connectivity index (χ3n) is 6.11. The third kappa shape index (κ3) is 6.27. The van der Waals surface area contributed by atoms with Crippen molar-refractivity contribution < 1.29 is 53.7 Å². The summed E-state index contributed by atoms with van der Waals surface area (Å²) in [5.74, 6) is -9.39. The fourth-order valence-corrected chi connectivity index (χ4v) is 4.05. The highest BCUT2D eigenvalue weighted by Gasteiger charge is 2.36. The molecule has 0 radical (unpaired) electrons. The average Bonchev–Trinajstić information content (AvgIpc) is 2.95. The van der Waals surface area contributed by atoms with Crippen molar-refractivity contribution in [3.63, 3.8) is 0 Å². The molecule has 0 spiro atoms. The number of rotatable bonds is 10. The lowest BCUT2D eigenvalue weighted by molar-refractivity contribution is -0.197. The van der Waals surface area contributed by atoms with Gasteiger partial charge in [-0.05, 0) is 60.9 Å². The lowest BCUT2D eigenvalue weighted by Crippen LogP contribution is -2.33. The highest BCUT2D eigenvalue weighted by atomic mass is 19.3. The van der Waals surface area contributed by atoms with Gasteiger partial charge in [-0.1, -0.05) is 30.3 Å². The van der Waals surface area contributed by atoms with Crippen molar-refractivity contribution in [2.45, 2.75) is 26.4 Å². The van der Waals surface area contributed by atoms with Gasteiger partial charge < -0.3 is 14.2 Å². The number of benzene rings is 4. The van der Waals surface area contributed by atoms with Crippen LogP contribution in [-0.2, 0) is 0 Å². The van der Waals surface area contributed by atoms with Crippen molar-refractivity contribution in [2.24, 2.45) is 0 Å². The zero-order valence-corrected chi connectivity index (χ0v) is 21.9. The quantitative estimate of drug-likeness (QED) is 0.170. The minimum Gasteiger partial charge on any atom is -0.491 e. The van der Waals surface area contributed by atoms with Crippen molar-refractivity contribution >= 4 is 0 Å². The first-order chi connectivity index (χ1) is 19.8. The Hall–Kier alpha value is -4.35. The first kappa shape index (κ1) is 30.6. The Kier molecular flexibility index (Phi) is 8.93. The molecule has 4 aromatic rings. The predicted octanol–water partition coefficient (Wildman–Crippen LogP) is 9.41. The van der Waals surface area contributed by atoms with Crippen LogP contribution in [0.5, 0.6) is 17.2 Å². The van der Waals surface area contributed by atoms with Crippen molar-refractivity contribution in [3.8, 4) is 39.5 Å². The lowest BCUT2D eigenvalue weighted by Gasteiger charge is -2.20. The molecule has 0 atom stereocenters. The molecule has 0 unspecified atom stereocenters. The van der Waals surface area contributed by atoms with Crippen LogP contribution >= 0.6 is 0 Å². The van der Waals surface area contributed by atoms with Gasteiger partial charge in [0.15, 0.2) is 29.7 Å². The molecule has 0 heterocycles. The summed E-state index contributed by atoms with van der Waals surface area (Å²) in [7, 11) is 0. The molecule has 0 aliphatic rings. The molecule has 0 N–H and O–H groups in total. The molecule has 3 nitrogen and oxygen atoms in total. The monoisotopic (exact) mass is 600 g/mol. The number of hydrogen-bond acceptors (Lipinski definition) is 3. The Balaban J connectivity index is 1.52. The van der Waals surface area contributed by atoms with Crippen molar-refractivity contribution in [1.29, 1.82) is 0 Å². The van der Waals surface area contributed by atoms with Crippen LogP contribution in [0.15, 0.2) is 60.7 Å². The number of aryl methyl sites for hydroxylation is 1. The van der Waals surface area contributed by atoms with Gasteiger partial charge in [0.1, 0.15) is 11.6 Å². The van der Waals surface area contributed by atoms with Crippen LogP contribution in [-0.4, -0.2) is 19.3 Å². The van der Waals surface area contributed by atoms with Crippen LogP contribution in [0.3, 0.4) is 0 Å². The molecule has 0 saturated heterocycles. The van der Waals surface area contributed by atoms with E-state index in [4.69, 9.17) is 4.74 Å². The first-order valence-electron chi connectivity index (χ1n) is 12.3. The van der Waals surface area contributed by atoms with E-state index in [9.17, 15) is 39.5 Å². The summed E-state index contributed by atoms with van der Waals surface area (Å²) in [4.78, 5) is 0. The van der Waals surface area contributed by atoms with Crippen LogP contribution in [0.2, 0.25) is 0 Å². The Morgan fingerprint density at radius 3 is 1.64 bits per heavy atom. The lowest BCUT2D eigenvalue weighted by atomic mass is 9.99. The van der Waals surface area contributed by atoms with Gasteiger partial charge in [0.2, 0.25) is 11.6 Å². The van der Waals surface area contributed by atoms with Gasteiger partial charge >= 0.3 is 6.11 Å². The third-order valence-corrected chi connectivity index (χ3v) is 6.11. The first-order valence-corrected chi connectivity index (χ1v) is 12.3. The van der Waals surface area contributed by atoms with Gasteiger partial charge in [-0.3, -0.25) is 0 Å². The van der Waals surface area contributed by atoms with Crippen molar-refractivity contribution in [2.75, 3.05) is 13.2 Å². The molecule has 0 aliphatic carbocycles. The number of alkyl halides is 4. The van der Waals surface area contributed by atoms with Gasteiger partial charge in [-0.25, -0.2) is 22.0 Å². The molecular formula is C30H21F9O3. The topological polar surface area (TPSA) is 27.7 Å². The number of ether oxygens (including phenoxy) is 3. The Morgan fingerprint density at radius 2 is 1.12 bits per heavy atom. The van der Waals surface area contributed by atoms with Gasteiger partial charge in [0.05, 0.1) is 12.2 Å². The summed E-state index contributed by atoms with van der Waals surface area (Å²) in [5.41, 5.74) is -1.58. The fourth-order valence-electron chi connectivity index (χ4n) is 4.05. The van der Waals surface area contributed by atoms with Crippen LogP contribution in [0.1, 0.15) is 24.5 Å². The second-order valence-corrected chi connectivity index (χ2v) is 8.93. The highest BCUT2D eigenvalue weighted by Crippen LogP contribution is 2.37. The minimum absolute atomic E-state index is 0.0736. The summed E-state index contributed by atoms with van der Waals surface area (Å²) >= 11 is 0. The molecule has 222 valence electrons. The highest BCUT2D eigenvalue weighted by molar-refractivity contribution is 5.72. The molecule has 0 bridgehead atoms. The van der Waals surface area contributed by atoms with E-state index >= 15 is 0 Å². The summed E-state index contributed by atoms with van der Waals surface area (Å²) in [6.07, 6.45) is -7.71. The summed E-state index contributed by atoms with van der Waals surface area (Å²) in [6, 6.07) is 11.3. The zero-order chi connectivity index (χ0) is 30.8. The van der Waals surface area contributed by atoms with Crippen LogP contribution in [0, 0.1) is 36.0 Å². The smallest absolute Gasteiger partial charge is 0.433 e. The minimum atomic E-state index is -4.34. The standard InChI is InChI=1S/C30H21F9O3/c1-3-40-21-12-9-18(25(32)27(21)34)16-5-7-17(8-6-16)19-10-13-22(28(35)26(19)33)42-30(38,39)14-41-20-11-4-15(2)24(31)23(20)29(36)37/h4-13,29H,3,14H2,1-2H3. The van der Waals surface area contributed by atoms with E-state index in [1.165, 1.54) is 43.3 Å². The largest absolute Gasteiger partial charge is 0.491 e. The maximum Gasteiger partial charge on any atom is 0.433 e. The van der Waals surface area contributed by atoms with Gasteiger partial charge in [-0.2, -0.15) is 17.6 Å². The average molecular weight is 600 g/mol. The molecule has 0 aliphatic heterocycles. The molecular weight excluding hydrogens is 579 g/mol. The number of halogens is 9. The normalized spacial score (nSPS) is 11.6. The summed E-state index contributed by atoms with van der Waals surface area (Å²) in [5, 5.41) is 0. The van der Waals surface area contributed by atoms with Gasteiger partial charge in [0, 0.05) is 11.1 Å². The van der Waals surface area contributed by atoms with E-state index in [0.717, 1.165) is 18.2 Å². The van der Waals surface area contributed by atoms with E-state index in [0.29, 0.717) is 6.07 Å². The Labute approximate surface area is 234 Å². The maximum absolute atomic E-state index is 14.9. The molecule has 42 heavy (non-hydrogen) atoms. The van der Waals surface area contributed by atoms with Crippen LogP contribution < -0.4 is 14.2 Å². The molecule has 0 aromatic heterocycles. The van der Waals surface area contributed by atoms with Gasteiger partial charge in [-0.15, -0.1) is 0 Å². The van der Waals surface area contributed by atoms with Crippen LogP contribution in [0.25, 0.3) is 22.3 Å². The molecule has 0 saturated carbocycles. The molecule has 0 amide bonds. The van der Waals surface area contributed by atoms with Crippen molar-refractivity contribution in [3.05, 3.63) is 101 Å². The molecule has 4 aromatic carbocycles. The summed E-state index contributed by atoms with van der Waals surface area (Å²) in [6.45, 7) is 1.20. The van der Waals surface area contributed by atoms with Crippen molar-refractivity contribution in [1.82, 2.24) is 0 Å². The predicted molar refractivity (Wildman–Crippen MR) is 135 cm³/mol.